The second-order valence-corrected chi connectivity index (χ2v) is 9.14. The van der Waals surface area contributed by atoms with Gasteiger partial charge in [0.15, 0.2) is 0 Å². The lowest BCUT2D eigenvalue weighted by Gasteiger charge is -2.47. The first-order valence-corrected chi connectivity index (χ1v) is 11.9. The van der Waals surface area contributed by atoms with Crippen LogP contribution in [0.2, 0.25) is 0 Å². The molecule has 2 atom stereocenters. The molecule has 8 nitrogen and oxygen atoms in total. The van der Waals surface area contributed by atoms with Crippen LogP contribution in [0.4, 0.5) is 0 Å². The van der Waals surface area contributed by atoms with E-state index in [1.807, 2.05) is 53.2 Å². The van der Waals surface area contributed by atoms with Gasteiger partial charge in [0.1, 0.15) is 17.8 Å². The molecule has 6 rings (SSSR count). The highest BCUT2D eigenvalue weighted by Gasteiger charge is 2.48. The molecule has 4 aromatic rings. The second-order valence-electron chi connectivity index (χ2n) is 9.14. The highest BCUT2D eigenvalue weighted by atomic mass is 16.5. The predicted octanol–water partition coefficient (Wildman–Crippen LogP) is 3.15. The largest absolute Gasteiger partial charge is 0.496 e. The molecule has 2 unspecified atom stereocenters. The number of methoxy groups -OCH3 is 1. The standard InChI is InChI=1S/C27H27N5O3/c1-35-23-10-5-3-8-19(23)26-25-20(18-7-2-4-9-21(18)29-25)15-22-27(34)31(16-24(33)32(22)26)13-6-12-30-14-11-28-17-30/h2-5,7-11,14,17,22,26,29H,6,12-13,15-16H2,1H3. The van der Waals surface area contributed by atoms with Crippen LogP contribution in [0, 0.1) is 0 Å². The van der Waals surface area contributed by atoms with Crippen LogP contribution in [-0.2, 0) is 22.6 Å². The monoisotopic (exact) mass is 469 g/mol. The number of aromatic amines is 1. The van der Waals surface area contributed by atoms with E-state index in [-0.39, 0.29) is 18.4 Å². The van der Waals surface area contributed by atoms with Gasteiger partial charge in [0.05, 0.1) is 20.0 Å². The maximum Gasteiger partial charge on any atom is 0.246 e. The number of hydrogen-bond acceptors (Lipinski definition) is 4. The number of carbonyl (C=O) groups excluding carboxylic acids is 2. The predicted molar refractivity (Wildman–Crippen MR) is 131 cm³/mol. The maximum atomic E-state index is 13.8. The van der Waals surface area contributed by atoms with E-state index in [1.54, 1.807) is 29.4 Å². The molecule has 0 bridgehead atoms. The van der Waals surface area contributed by atoms with Crippen molar-refractivity contribution in [3.8, 4) is 5.75 Å². The number of para-hydroxylation sites is 2. The van der Waals surface area contributed by atoms with E-state index in [0.29, 0.717) is 18.7 Å². The number of fused-ring (bicyclic) bond motifs is 4. The van der Waals surface area contributed by atoms with Crippen LogP contribution in [0.15, 0.2) is 67.3 Å². The number of nitrogens with one attached hydrogen (secondary N) is 1. The minimum atomic E-state index is -0.550. The summed E-state index contributed by atoms with van der Waals surface area (Å²) in [5.74, 6) is 0.661. The van der Waals surface area contributed by atoms with Crippen molar-refractivity contribution in [2.24, 2.45) is 0 Å². The molecule has 2 aromatic carbocycles. The number of piperazine rings is 1. The lowest BCUT2D eigenvalue weighted by Crippen LogP contribution is -2.63. The average molecular weight is 470 g/mol. The molecule has 8 heteroatoms. The van der Waals surface area contributed by atoms with Gasteiger partial charge in [0, 0.05) is 54.1 Å². The van der Waals surface area contributed by atoms with Crippen molar-refractivity contribution in [2.45, 2.75) is 31.5 Å². The van der Waals surface area contributed by atoms with Crippen LogP contribution < -0.4 is 4.74 Å². The number of benzene rings is 2. The number of H-pyrrole nitrogens is 1. The van der Waals surface area contributed by atoms with Gasteiger partial charge in [-0.25, -0.2) is 4.98 Å². The fourth-order valence-electron chi connectivity index (χ4n) is 5.59. The Morgan fingerprint density at radius 3 is 2.74 bits per heavy atom. The molecule has 4 heterocycles. The van der Waals surface area contributed by atoms with E-state index >= 15 is 0 Å². The van der Waals surface area contributed by atoms with Crippen molar-refractivity contribution in [1.29, 1.82) is 0 Å². The first-order valence-electron chi connectivity index (χ1n) is 11.9. The summed E-state index contributed by atoms with van der Waals surface area (Å²) in [6.07, 6.45) is 6.67. The van der Waals surface area contributed by atoms with E-state index in [1.165, 1.54) is 0 Å². The summed E-state index contributed by atoms with van der Waals surface area (Å²) in [4.78, 5) is 38.6. The molecule has 2 aromatic heterocycles. The van der Waals surface area contributed by atoms with Gasteiger partial charge in [-0.3, -0.25) is 9.59 Å². The maximum absolute atomic E-state index is 13.8. The minimum Gasteiger partial charge on any atom is -0.496 e. The van der Waals surface area contributed by atoms with Gasteiger partial charge < -0.3 is 24.1 Å². The summed E-state index contributed by atoms with van der Waals surface area (Å²) >= 11 is 0. The Balaban J connectivity index is 1.39. The highest BCUT2D eigenvalue weighted by Crippen LogP contribution is 2.44. The SMILES string of the molecule is COc1ccccc1C1c2[nH]c3ccccc3c2CC2C(=O)N(CCCn3ccnc3)CC(=O)N21. The van der Waals surface area contributed by atoms with Gasteiger partial charge in [0.25, 0.3) is 0 Å². The van der Waals surface area contributed by atoms with E-state index < -0.39 is 12.1 Å². The summed E-state index contributed by atoms with van der Waals surface area (Å²) in [7, 11) is 1.64. The summed E-state index contributed by atoms with van der Waals surface area (Å²) in [5, 5.41) is 1.10. The number of carbonyl (C=O) groups is 2. The molecule has 2 aliphatic rings. The Hall–Kier alpha value is -4.07. The summed E-state index contributed by atoms with van der Waals surface area (Å²) in [5.41, 5.74) is 3.94. The molecule has 1 fully saturated rings. The molecular formula is C27H27N5O3. The zero-order valence-electron chi connectivity index (χ0n) is 19.6. The number of hydrogen-bond donors (Lipinski definition) is 1. The molecule has 1 N–H and O–H groups in total. The molecule has 0 aliphatic carbocycles. The second kappa shape index (κ2) is 8.61. The Morgan fingerprint density at radius 1 is 1.09 bits per heavy atom. The van der Waals surface area contributed by atoms with Crippen molar-refractivity contribution >= 4 is 22.7 Å². The topological polar surface area (TPSA) is 83.5 Å². The molecule has 0 spiro atoms. The molecule has 0 saturated carbocycles. The molecule has 0 radical (unpaired) electrons. The van der Waals surface area contributed by atoms with Crippen LogP contribution in [0.25, 0.3) is 10.9 Å². The summed E-state index contributed by atoms with van der Waals surface area (Å²) in [6, 6.07) is 14.9. The fraction of sp³-hybridized carbons (Fsp3) is 0.296. The molecule has 2 amide bonds. The van der Waals surface area contributed by atoms with Gasteiger partial charge in [-0.2, -0.15) is 0 Å². The van der Waals surface area contributed by atoms with E-state index in [4.69, 9.17) is 4.74 Å². The first kappa shape index (κ1) is 21.5. The minimum absolute atomic E-state index is 0.00561. The van der Waals surface area contributed by atoms with E-state index in [9.17, 15) is 9.59 Å². The van der Waals surface area contributed by atoms with Crippen LogP contribution in [0.3, 0.4) is 0 Å². The zero-order valence-corrected chi connectivity index (χ0v) is 19.6. The molecule has 1 saturated heterocycles. The third-order valence-corrected chi connectivity index (χ3v) is 7.18. The number of rotatable bonds is 6. The smallest absolute Gasteiger partial charge is 0.246 e. The number of amides is 2. The molecule has 2 aliphatic heterocycles. The number of imidazole rings is 1. The Kier molecular flexibility index (Phi) is 5.28. The zero-order chi connectivity index (χ0) is 23.9. The van der Waals surface area contributed by atoms with Gasteiger partial charge in [-0.15, -0.1) is 0 Å². The fourth-order valence-corrected chi connectivity index (χ4v) is 5.59. The number of ether oxygens (including phenoxy) is 1. The third-order valence-electron chi connectivity index (χ3n) is 7.18. The van der Waals surface area contributed by atoms with Crippen LogP contribution in [0.5, 0.6) is 5.75 Å². The third kappa shape index (κ3) is 3.56. The highest BCUT2D eigenvalue weighted by molar-refractivity contribution is 5.97. The summed E-state index contributed by atoms with van der Waals surface area (Å²) in [6.45, 7) is 1.37. The average Bonchev–Trinajstić information content (AvgIpc) is 3.53. The van der Waals surface area contributed by atoms with Crippen molar-refractivity contribution in [3.05, 3.63) is 84.1 Å². The number of aromatic nitrogens is 3. The Morgan fingerprint density at radius 2 is 1.91 bits per heavy atom. The van der Waals surface area contributed by atoms with E-state index in [2.05, 4.69) is 16.0 Å². The van der Waals surface area contributed by atoms with Crippen LogP contribution in [-0.4, -0.2) is 62.4 Å². The first-order chi connectivity index (χ1) is 17.2. The Labute approximate surface area is 203 Å². The molecule has 35 heavy (non-hydrogen) atoms. The van der Waals surface area contributed by atoms with Gasteiger partial charge >= 0.3 is 0 Å². The quantitative estimate of drug-likeness (QED) is 0.470. The number of aryl methyl sites for hydroxylation is 1. The lowest BCUT2D eigenvalue weighted by molar-refractivity contribution is -0.158. The van der Waals surface area contributed by atoms with Gasteiger partial charge in [-0.05, 0) is 24.1 Å². The normalized spacial score (nSPS) is 19.7. The van der Waals surface area contributed by atoms with Gasteiger partial charge in [-0.1, -0.05) is 36.4 Å². The number of nitrogens with zero attached hydrogens (tertiary/aromatic N) is 4. The molecule has 178 valence electrons. The van der Waals surface area contributed by atoms with Crippen LogP contribution in [0.1, 0.15) is 29.3 Å². The van der Waals surface area contributed by atoms with Gasteiger partial charge in [0.2, 0.25) is 11.8 Å². The molecular weight excluding hydrogens is 442 g/mol. The van der Waals surface area contributed by atoms with Crippen molar-refractivity contribution in [3.63, 3.8) is 0 Å². The van der Waals surface area contributed by atoms with Crippen molar-refractivity contribution < 1.29 is 14.3 Å². The van der Waals surface area contributed by atoms with Crippen molar-refractivity contribution in [2.75, 3.05) is 20.2 Å². The summed E-state index contributed by atoms with van der Waals surface area (Å²) < 4.78 is 7.67. The van der Waals surface area contributed by atoms with Crippen molar-refractivity contribution in [1.82, 2.24) is 24.3 Å². The Bertz CT molecular complexity index is 1390. The lowest BCUT2D eigenvalue weighted by atomic mass is 9.86. The van der Waals surface area contributed by atoms with E-state index in [0.717, 1.165) is 40.7 Å². The van der Waals surface area contributed by atoms with Crippen LogP contribution >= 0.6 is 0 Å².